The second kappa shape index (κ2) is 5.48. The standard InChI is InChI=1S/C14H11Cl2NO3S/c15-8-1-2-9-10(5-8)21-12(11(9)16)13(18)17-4-3-7(6-17)14(19)20/h1-2,5,7H,3-4,6H2,(H,19,20). The zero-order valence-corrected chi connectivity index (χ0v) is 13.1. The van der Waals surface area contributed by atoms with Gasteiger partial charge >= 0.3 is 5.97 Å². The van der Waals surface area contributed by atoms with Gasteiger partial charge in [0.25, 0.3) is 5.91 Å². The zero-order valence-electron chi connectivity index (χ0n) is 10.8. The molecule has 1 aromatic carbocycles. The van der Waals surface area contributed by atoms with Crippen LogP contribution in [0.15, 0.2) is 18.2 Å². The summed E-state index contributed by atoms with van der Waals surface area (Å²) < 4.78 is 0.852. The van der Waals surface area contributed by atoms with Crippen molar-refractivity contribution in [3.8, 4) is 0 Å². The first kappa shape index (κ1) is 14.6. The summed E-state index contributed by atoms with van der Waals surface area (Å²) in [7, 11) is 0. The van der Waals surface area contributed by atoms with Crippen molar-refractivity contribution in [3.05, 3.63) is 33.1 Å². The first-order valence-electron chi connectivity index (χ1n) is 6.37. The van der Waals surface area contributed by atoms with Crippen LogP contribution in [-0.2, 0) is 4.79 Å². The quantitative estimate of drug-likeness (QED) is 0.903. The Morgan fingerprint density at radius 2 is 2.10 bits per heavy atom. The van der Waals surface area contributed by atoms with Crippen molar-refractivity contribution in [1.29, 1.82) is 0 Å². The topological polar surface area (TPSA) is 57.6 Å². The smallest absolute Gasteiger partial charge is 0.308 e. The van der Waals surface area contributed by atoms with Crippen LogP contribution in [-0.4, -0.2) is 35.0 Å². The number of likely N-dealkylation sites (tertiary alicyclic amines) is 1. The molecule has 0 bridgehead atoms. The van der Waals surface area contributed by atoms with Crippen LogP contribution in [0.2, 0.25) is 10.0 Å². The number of fused-ring (bicyclic) bond motifs is 1. The molecule has 4 nitrogen and oxygen atoms in total. The molecule has 2 aromatic rings. The number of carboxylic acids is 1. The number of hydrogen-bond donors (Lipinski definition) is 1. The second-order valence-corrected chi connectivity index (χ2v) is 6.83. The number of carbonyl (C=O) groups excluding carboxylic acids is 1. The van der Waals surface area contributed by atoms with E-state index in [0.717, 1.165) is 10.1 Å². The van der Waals surface area contributed by atoms with E-state index in [1.807, 2.05) is 0 Å². The highest BCUT2D eigenvalue weighted by molar-refractivity contribution is 7.21. The van der Waals surface area contributed by atoms with E-state index < -0.39 is 11.9 Å². The van der Waals surface area contributed by atoms with Crippen LogP contribution in [0.1, 0.15) is 16.1 Å². The molecule has 0 spiro atoms. The van der Waals surface area contributed by atoms with E-state index in [-0.39, 0.29) is 12.5 Å². The van der Waals surface area contributed by atoms with Crippen LogP contribution >= 0.6 is 34.5 Å². The van der Waals surface area contributed by atoms with Gasteiger partial charge in [-0.05, 0) is 18.6 Å². The third kappa shape index (κ3) is 2.61. The molecule has 3 rings (SSSR count). The van der Waals surface area contributed by atoms with Crippen molar-refractivity contribution >= 4 is 56.5 Å². The molecule has 1 N–H and O–H groups in total. The van der Waals surface area contributed by atoms with Crippen LogP contribution in [0.3, 0.4) is 0 Å². The molecule has 1 amide bonds. The normalized spacial score (nSPS) is 18.4. The summed E-state index contributed by atoms with van der Waals surface area (Å²) >= 11 is 13.5. The molecule has 1 aromatic heterocycles. The fourth-order valence-electron chi connectivity index (χ4n) is 2.47. The Labute approximate surface area is 134 Å². The van der Waals surface area contributed by atoms with Crippen LogP contribution < -0.4 is 0 Å². The molecule has 1 atom stereocenters. The maximum Gasteiger partial charge on any atom is 0.308 e. The highest BCUT2D eigenvalue weighted by Crippen LogP contribution is 2.38. The number of benzene rings is 1. The molecular formula is C14H11Cl2NO3S. The largest absolute Gasteiger partial charge is 0.481 e. The summed E-state index contributed by atoms with van der Waals surface area (Å²) in [5.41, 5.74) is 0. The van der Waals surface area contributed by atoms with Gasteiger partial charge in [0.15, 0.2) is 0 Å². The number of carboxylic acid groups (broad SMARTS) is 1. The zero-order chi connectivity index (χ0) is 15.1. The summed E-state index contributed by atoms with van der Waals surface area (Å²) in [5, 5.41) is 10.8. The SMILES string of the molecule is O=C(O)C1CCN(C(=O)c2sc3cc(Cl)ccc3c2Cl)C1. The monoisotopic (exact) mass is 343 g/mol. The Kier molecular flexibility index (Phi) is 3.82. The summed E-state index contributed by atoms with van der Waals surface area (Å²) in [6.45, 7) is 0.681. The molecule has 1 saturated heterocycles. The molecule has 21 heavy (non-hydrogen) atoms. The summed E-state index contributed by atoms with van der Waals surface area (Å²) in [6.07, 6.45) is 0.482. The van der Waals surface area contributed by atoms with Gasteiger partial charge in [0.1, 0.15) is 4.88 Å². The van der Waals surface area contributed by atoms with Crippen LogP contribution in [0, 0.1) is 5.92 Å². The number of halogens is 2. The molecule has 110 valence electrons. The molecule has 1 unspecified atom stereocenters. The molecule has 7 heteroatoms. The van der Waals surface area contributed by atoms with Crippen molar-refractivity contribution < 1.29 is 14.7 Å². The lowest BCUT2D eigenvalue weighted by molar-refractivity contribution is -0.141. The van der Waals surface area contributed by atoms with E-state index in [2.05, 4.69) is 0 Å². The van der Waals surface area contributed by atoms with E-state index in [4.69, 9.17) is 28.3 Å². The molecular weight excluding hydrogens is 333 g/mol. The van der Waals surface area contributed by atoms with Crippen LogP contribution in [0.5, 0.6) is 0 Å². The minimum Gasteiger partial charge on any atom is -0.481 e. The molecule has 1 aliphatic rings. The number of hydrogen-bond acceptors (Lipinski definition) is 3. The molecule has 2 heterocycles. The number of amides is 1. The van der Waals surface area contributed by atoms with Crippen molar-refractivity contribution in [3.63, 3.8) is 0 Å². The summed E-state index contributed by atoms with van der Waals surface area (Å²) in [6, 6.07) is 5.29. The van der Waals surface area contributed by atoms with Crippen molar-refractivity contribution in [2.45, 2.75) is 6.42 Å². The van der Waals surface area contributed by atoms with E-state index in [1.54, 1.807) is 23.1 Å². The number of thiophene rings is 1. The summed E-state index contributed by atoms with van der Waals surface area (Å²) in [5.74, 6) is -1.56. The Balaban J connectivity index is 1.92. The molecule has 0 aliphatic carbocycles. The number of nitrogens with zero attached hydrogens (tertiary/aromatic N) is 1. The third-order valence-electron chi connectivity index (χ3n) is 3.61. The van der Waals surface area contributed by atoms with E-state index in [1.165, 1.54) is 11.3 Å². The van der Waals surface area contributed by atoms with Gasteiger partial charge in [0.2, 0.25) is 0 Å². The first-order valence-corrected chi connectivity index (χ1v) is 7.94. The maximum absolute atomic E-state index is 12.5. The number of aliphatic carboxylic acids is 1. The minimum absolute atomic E-state index is 0.207. The third-order valence-corrected chi connectivity index (χ3v) is 5.49. The van der Waals surface area contributed by atoms with Gasteiger partial charge in [-0.3, -0.25) is 9.59 Å². The lowest BCUT2D eigenvalue weighted by Crippen LogP contribution is -2.29. The predicted molar refractivity (Wildman–Crippen MR) is 83.5 cm³/mol. The van der Waals surface area contributed by atoms with Gasteiger partial charge in [-0.2, -0.15) is 0 Å². The van der Waals surface area contributed by atoms with Crippen molar-refractivity contribution in [1.82, 2.24) is 4.90 Å². The average molecular weight is 344 g/mol. The lowest BCUT2D eigenvalue weighted by Gasteiger charge is -2.14. The summed E-state index contributed by atoms with van der Waals surface area (Å²) in [4.78, 5) is 25.5. The van der Waals surface area contributed by atoms with E-state index in [9.17, 15) is 9.59 Å². The number of rotatable bonds is 2. The average Bonchev–Trinajstić information content (AvgIpc) is 3.03. The van der Waals surface area contributed by atoms with Crippen molar-refractivity contribution in [2.75, 3.05) is 13.1 Å². The lowest BCUT2D eigenvalue weighted by atomic mass is 10.1. The van der Waals surface area contributed by atoms with Gasteiger partial charge in [-0.25, -0.2) is 0 Å². The minimum atomic E-state index is -0.862. The van der Waals surface area contributed by atoms with E-state index in [0.29, 0.717) is 27.9 Å². The Morgan fingerprint density at radius 1 is 1.33 bits per heavy atom. The second-order valence-electron chi connectivity index (χ2n) is 4.96. The van der Waals surface area contributed by atoms with Gasteiger partial charge < -0.3 is 10.0 Å². The van der Waals surface area contributed by atoms with Crippen molar-refractivity contribution in [2.24, 2.45) is 5.92 Å². The van der Waals surface area contributed by atoms with Gasteiger partial charge in [0, 0.05) is 28.2 Å². The van der Waals surface area contributed by atoms with Crippen LogP contribution in [0.25, 0.3) is 10.1 Å². The Bertz CT molecular complexity index is 743. The predicted octanol–water partition coefficient (Wildman–Crippen LogP) is 3.75. The fourth-order valence-corrected chi connectivity index (χ4v) is 4.22. The number of carbonyl (C=O) groups is 2. The highest BCUT2D eigenvalue weighted by Gasteiger charge is 2.33. The van der Waals surface area contributed by atoms with Gasteiger partial charge in [0.05, 0.1) is 10.9 Å². The first-order chi connectivity index (χ1) is 9.97. The fraction of sp³-hybridized carbons (Fsp3) is 0.286. The Morgan fingerprint density at radius 3 is 2.76 bits per heavy atom. The highest BCUT2D eigenvalue weighted by atomic mass is 35.5. The molecule has 1 fully saturated rings. The Hall–Kier alpha value is -1.30. The molecule has 0 radical (unpaired) electrons. The maximum atomic E-state index is 12.5. The van der Waals surface area contributed by atoms with Crippen LogP contribution in [0.4, 0.5) is 0 Å². The molecule has 0 saturated carbocycles. The molecule has 1 aliphatic heterocycles. The van der Waals surface area contributed by atoms with E-state index >= 15 is 0 Å². The van der Waals surface area contributed by atoms with Gasteiger partial charge in [-0.15, -0.1) is 11.3 Å². The van der Waals surface area contributed by atoms with Gasteiger partial charge in [-0.1, -0.05) is 29.3 Å².